The summed E-state index contributed by atoms with van der Waals surface area (Å²) in [7, 11) is 1.85. The van der Waals surface area contributed by atoms with Crippen molar-refractivity contribution in [3.63, 3.8) is 0 Å². The van der Waals surface area contributed by atoms with Gasteiger partial charge in [0.2, 0.25) is 5.91 Å². The lowest BCUT2D eigenvalue weighted by Gasteiger charge is -2.10. The van der Waals surface area contributed by atoms with E-state index in [1.807, 2.05) is 7.05 Å². The Morgan fingerprint density at radius 3 is 3.00 bits per heavy atom. The Balaban J connectivity index is 1.98. The van der Waals surface area contributed by atoms with Crippen LogP contribution in [0.15, 0.2) is 18.2 Å². The van der Waals surface area contributed by atoms with Crippen molar-refractivity contribution in [2.45, 2.75) is 26.2 Å². The van der Waals surface area contributed by atoms with E-state index in [0.29, 0.717) is 6.42 Å². The highest BCUT2D eigenvalue weighted by Crippen LogP contribution is 2.28. The van der Waals surface area contributed by atoms with Crippen LogP contribution in [0.1, 0.15) is 24.5 Å². The molecule has 17 heavy (non-hydrogen) atoms. The van der Waals surface area contributed by atoms with Gasteiger partial charge in [0.05, 0.1) is 6.42 Å². The zero-order valence-corrected chi connectivity index (χ0v) is 10.6. The molecule has 1 N–H and O–H groups in total. The Morgan fingerprint density at radius 2 is 2.24 bits per heavy atom. The van der Waals surface area contributed by atoms with Crippen molar-refractivity contribution in [3.05, 3.63) is 29.3 Å². The molecule has 0 spiro atoms. The molecule has 1 heterocycles. The van der Waals surface area contributed by atoms with Crippen molar-refractivity contribution in [2.24, 2.45) is 0 Å². The van der Waals surface area contributed by atoms with E-state index in [2.05, 4.69) is 30.4 Å². The van der Waals surface area contributed by atoms with E-state index in [1.54, 1.807) is 4.90 Å². The lowest BCUT2D eigenvalue weighted by molar-refractivity contribution is -0.117. The summed E-state index contributed by atoms with van der Waals surface area (Å²) in [5, 5.41) is 3.32. The highest BCUT2D eigenvalue weighted by Gasteiger charge is 2.23. The summed E-state index contributed by atoms with van der Waals surface area (Å²) in [5.41, 5.74) is 3.59. The number of carbonyl (C=O) groups excluding carboxylic acids is 1. The summed E-state index contributed by atoms with van der Waals surface area (Å²) in [6, 6.07) is 6.39. The van der Waals surface area contributed by atoms with Crippen LogP contribution in [0.25, 0.3) is 0 Å². The molecule has 2 rings (SSSR count). The van der Waals surface area contributed by atoms with Crippen molar-refractivity contribution in [3.8, 4) is 0 Å². The largest absolute Gasteiger partial charge is 0.317 e. The molecular formula is C14H20N2O. The molecule has 0 aromatic heterocycles. The molecule has 1 amide bonds. The van der Waals surface area contributed by atoms with Crippen LogP contribution < -0.4 is 10.2 Å². The smallest absolute Gasteiger partial charge is 0.231 e. The van der Waals surface area contributed by atoms with E-state index in [4.69, 9.17) is 0 Å². The molecule has 0 bridgehead atoms. The monoisotopic (exact) mass is 232 g/mol. The number of carbonyl (C=O) groups is 1. The van der Waals surface area contributed by atoms with Gasteiger partial charge in [-0.25, -0.2) is 0 Å². The average Bonchev–Trinajstić information content (AvgIpc) is 2.61. The van der Waals surface area contributed by atoms with Gasteiger partial charge >= 0.3 is 0 Å². The predicted molar refractivity (Wildman–Crippen MR) is 70.4 cm³/mol. The number of rotatable bonds is 5. The highest BCUT2D eigenvalue weighted by atomic mass is 16.2. The molecule has 1 aliphatic rings. The number of aryl methyl sites for hydroxylation is 1. The van der Waals surface area contributed by atoms with E-state index in [9.17, 15) is 4.79 Å². The first-order chi connectivity index (χ1) is 8.22. The fourth-order valence-corrected chi connectivity index (χ4v) is 2.27. The van der Waals surface area contributed by atoms with Crippen LogP contribution in [0.4, 0.5) is 5.69 Å². The van der Waals surface area contributed by atoms with Crippen LogP contribution in [-0.2, 0) is 17.6 Å². The summed E-state index contributed by atoms with van der Waals surface area (Å²) in [5.74, 6) is 0.199. The van der Waals surface area contributed by atoms with Crippen LogP contribution in [0.2, 0.25) is 0 Å². The summed E-state index contributed by atoms with van der Waals surface area (Å²) >= 11 is 0. The molecule has 0 unspecified atom stereocenters. The number of likely N-dealkylation sites (N-methyl/N-ethyl adjacent to an activating group) is 1. The third-order valence-electron chi connectivity index (χ3n) is 3.29. The van der Waals surface area contributed by atoms with Crippen molar-refractivity contribution in [1.82, 2.24) is 5.32 Å². The molecule has 0 fully saturated rings. The van der Waals surface area contributed by atoms with Crippen LogP contribution in [0, 0.1) is 0 Å². The zero-order valence-electron chi connectivity index (χ0n) is 10.6. The van der Waals surface area contributed by atoms with Crippen molar-refractivity contribution < 1.29 is 4.79 Å². The van der Waals surface area contributed by atoms with Gasteiger partial charge in [-0.2, -0.15) is 0 Å². The molecule has 3 nitrogen and oxygen atoms in total. The lowest BCUT2D eigenvalue weighted by Crippen LogP contribution is -2.20. The number of hydrogen-bond acceptors (Lipinski definition) is 2. The standard InChI is InChI=1S/C14H20N2O/c1-3-15-8-4-5-11-6-7-13-12(9-11)10-14(17)16(13)2/h6-7,9,15H,3-5,8,10H2,1-2H3. The number of amides is 1. The Bertz CT molecular complexity index is 415. The Morgan fingerprint density at radius 1 is 1.41 bits per heavy atom. The minimum Gasteiger partial charge on any atom is -0.317 e. The molecule has 92 valence electrons. The molecule has 3 heteroatoms. The van der Waals surface area contributed by atoms with Crippen molar-refractivity contribution >= 4 is 11.6 Å². The Hall–Kier alpha value is -1.35. The number of benzene rings is 1. The minimum atomic E-state index is 0.199. The second-order valence-corrected chi connectivity index (χ2v) is 4.55. The van der Waals surface area contributed by atoms with Gasteiger partial charge in [-0.1, -0.05) is 19.1 Å². The average molecular weight is 232 g/mol. The lowest BCUT2D eigenvalue weighted by atomic mass is 10.0. The summed E-state index contributed by atoms with van der Waals surface area (Å²) in [6.45, 7) is 4.22. The maximum atomic E-state index is 11.6. The highest BCUT2D eigenvalue weighted by molar-refractivity contribution is 6.00. The summed E-state index contributed by atoms with van der Waals surface area (Å²) in [6.07, 6.45) is 2.79. The fraction of sp³-hybridized carbons (Fsp3) is 0.500. The predicted octanol–water partition coefficient (Wildman–Crippen LogP) is 1.75. The number of hydrogen-bond donors (Lipinski definition) is 1. The minimum absolute atomic E-state index is 0.199. The van der Waals surface area contributed by atoms with E-state index < -0.39 is 0 Å². The van der Waals surface area contributed by atoms with Gasteiger partial charge in [0.1, 0.15) is 0 Å². The molecular weight excluding hydrogens is 212 g/mol. The van der Waals surface area contributed by atoms with Crippen LogP contribution in [0.5, 0.6) is 0 Å². The zero-order chi connectivity index (χ0) is 12.3. The molecule has 0 aliphatic carbocycles. The number of anilines is 1. The Labute approximate surface area is 103 Å². The van der Waals surface area contributed by atoms with E-state index in [0.717, 1.165) is 31.6 Å². The van der Waals surface area contributed by atoms with Gasteiger partial charge in [0.15, 0.2) is 0 Å². The van der Waals surface area contributed by atoms with Gasteiger partial charge < -0.3 is 10.2 Å². The summed E-state index contributed by atoms with van der Waals surface area (Å²) in [4.78, 5) is 13.3. The van der Waals surface area contributed by atoms with Gasteiger partial charge in [-0.3, -0.25) is 4.79 Å². The first kappa shape index (κ1) is 12.1. The molecule has 0 radical (unpaired) electrons. The quantitative estimate of drug-likeness (QED) is 0.784. The maximum Gasteiger partial charge on any atom is 0.231 e. The third-order valence-corrected chi connectivity index (χ3v) is 3.29. The Kier molecular flexibility index (Phi) is 3.79. The van der Waals surface area contributed by atoms with Crippen molar-refractivity contribution in [1.29, 1.82) is 0 Å². The molecule has 0 saturated heterocycles. The first-order valence-electron chi connectivity index (χ1n) is 6.31. The topological polar surface area (TPSA) is 32.3 Å². The molecule has 0 atom stereocenters. The second kappa shape index (κ2) is 5.32. The number of nitrogens with zero attached hydrogens (tertiary/aromatic N) is 1. The van der Waals surface area contributed by atoms with Gasteiger partial charge in [0.25, 0.3) is 0 Å². The third kappa shape index (κ3) is 2.67. The normalized spacial score (nSPS) is 14.2. The first-order valence-corrected chi connectivity index (χ1v) is 6.31. The molecule has 1 aromatic carbocycles. The molecule has 1 aromatic rings. The van der Waals surface area contributed by atoms with Gasteiger partial charge in [-0.15, -0.1) is 0 Å². The van der Waals surface area contributed by atoms with Gasteiger partial charge in [-0.05, 0) is 43.1 Å². The SMILES string of the molecule is CCNCCCc1ccc2c(c1)CC(=O)N2C. The van der Waals surface area contributed by atoms with E-state index >= 15 is 0 Å². The molecule has 1 aliphatic heterocycles. The second-order valence-electron chi connectivity index (χ2n) is 4.55. The number of nitrogens with one attached hydrogen (secondary N) is 1. The van der Waals surface area contributed by atoms with Crippen LogP contribution in [-0.4, -0.2) is 26.0 Å². The van der Waals surface area contributed by atoms with Crippen molar-refractivity contribution in [2.75, 3.05) is 25.0 Å². The van der Waals surface area contributed by atoms with E-state index in [-0.39, 0.29) is 5.91 Å². The van der Waals surface area contributed by atoms with E-state index in [1.165, 1.54) is 11.1 Å². The maximum absolute atomic E-state index is 11.6. The summed E-state index contributed by atoms with van der Waals surface area (Å²) < 4.78 is 0. The molecule has 0 saturated carbocycles. The van der Waals surface area contributed by atoms with Crippen LogP contribution >= 0.6 is 0 Å². The van der Waals surface area contributed by atoms with Crippen LogP contribution in [0.3, 0.4) is 0 Å². The van der Waals surface area contributed by atoms with Gasteiger partial charge in [0, 0.05) is 12.7 Å². The fourth-order valence-electron chi connectivity index (χ4n) is 2.27. The number of fused-ring (bicyclic) bond motifs is 1.